The van der Waals surface area contributed by atoms with Gasteiger partial charge >= 0.3 is 6.18 Å². The number of rotatable bonds is 6. The monoisotopic (exact) mass is 420 g/mol. The van der Waals surface area contributed by atoms with Crippen LogP contribution >= 0.6 is 0 Å². The Morgan fingerprint density at radius 2 is 1.67 bits per heavy atom. The molecule has 1 aliphatic rings. The summed E-state index contributed by atoms with van der Waals surface area (Å²) in [4.78, 5) is 16.5. The number of hydrogen-bond acceptors (Lipinski definition) is 3. The summed E-state index contributed by atoms with van der Waals surface area (Å²) in [5, 5.41) is 0. The van der Waals surface area contributed by atoms with Gasteiger partial charge in [0.25, 0.3) is 0 Å². The summed E-state index contributed by atoms with van der Waals surface area (Å²) in [6.07, 6.45) is -4.11. The van der Waals surface area contributed by atoms with Crippen molar-refractivity contribution in [2.75, 3.05) is 38.3 Å². The zero-order valence-electron chi connectivity index (χ0n) is 17.3. The maximum absolute atomic E-state index is 12.7. The minimum atomic E-state index is -4.35. The van der Waals surface area contributed by atoms with Gasteiger partial charge in [0.2, 0.25) is 5.91 Å². The molecule has 1 amide bonds. The van der Waals surface area contributed by atoms with Gasteiger partial charge < -0.3 is 14.5 Å². The van der Waals surface area contributed by atoms with Crippen molar-refractivity contribution in [2.45, 2.75) is 32.0 Å². The number of alkyl halides is 3. The summed E-state index contributed by atoms with van der Waals surface area (Å²) in [6.45, 7) is 5.55. The summed E-state index contributed by atoms with van der Waals surface area (Å²) in [7, 11) is 1.75. The summed E-state index contributed by atoms with van der Waals surface area (Å²) >= 11 is 0. The van der Waals surface area contributed by atoms with E-state index in [1.165, 1.54) is 12.1 Å². The summed E-state index contributed by atoms with van der Waals surface area (Å²) in [5.41, 5.74) is 2.22. The molecule has 162 valence electrons. The first-order valence-electron chi connectivity index (χ1n) is 10.1. The van der Waals surface area contributed by atoms with Crippen LogP contribution < -0.4 is 4.90 Å². The first-order valence-corrected chi connectivity index (χ1v) is 10.1. The van der Waals surface area contributed by atoms with Crippen molar-refractivity contribution >= 4 is 11.6 Å². The molecule has 1 saturated heterocycles. The molecule has 1 atom stereocenters. The molecule has 4 nitrogen and oxygen atoms in total. The minimum Gasteiger partial charge on any atom is -0.378 e. The van der Waals surface area contributed by atoms with Crippen LogP contribution in [0.25, 0.3) is 0 Å². The molecule has 7 heteroatoms. The van der Waals surface area contributed by atoms with Crippen LogP contribution in [0.15, 0.2) is 48.5 Å². The Bertz CT molecular complexity index is 829. The summed E-state index contributed by atoms with van der Waals surface area (Å²) in [5.74, 6) is -0.203. The molecule has 1 unspecified atom stereocenters. The third-order valence-corrected chi connectivity index (χ3v) is 5.45. The van der Waals surface area contributed by atoms with E-state index in [1.54, 1.807) is 11.9 Å². The predicted octanol–water partition coefficient (Wildman–Crippen LogP) is 4.69. The second-order valence-corrected chi connectivity index (χ2v) is 7.74. The standard InChI is InChI=1S/C23H27F3N2O2/c1-17(19-5-7-20(8-6-19)23(24,25)26)15-22(29)27(2)16-18-3-9-21(10-4-18)28-11-13-30-14-12-28/h3-10,17H,11-16H2,1-2H3. The number of carbonyl (C=O) groups is 1. The number of anilines is 1. The molecular formula is C23H27F3N2O2. The van der Waals surface area contributed by atoms with Crippen molar-refractivity contribution < 1.29 is 22.7 Å². The molecule has 0 spiro atoms. The maximum Gasteiger partial charge on any atom is 0.416 e. The molecule has 2 aromatic rings. The predicted molar refractivity (Wildman–Crippen MR) is 110 cm³/mol. The van der Waals surface area contributed by atoms with Gasteiger partial charge in [0.1, 0.15) is 0 Å². The highest BCUT2D eigenvalue weighted by molar-refractivity contribution is 5.76. The van der Waals surface area contributed by atoms with Crippen molar-refractivity contribution in [2.24, 2.45) is 0 Å². The molecule has 0 bridgehead atoms. The van der Waals surface area contributed by atoms with Crippen LogP contribution in [0.5, 0.6) is 0 Å². The fraction of sp³-hybridized carbons (Fsp3) is 0.435. The van der Waals surface area contributed by atoms with Crippen LogP contribution in [0, 0.1) is 0 Å². The lowest BCUT2D eigenvalue weighted by Gasteiger charge is -2.29. The molecule has 1 heterocycles. The van der Waals surface area contributed by atoms with Crippen molar-refractivity contribution in [3.63, 3.8) is 0 Å². The van der Waals surface area contributed by atoms with Gasteiger partial charge in [-0.1, -0.05) is 31.2 Å². The van der Waals surface area contributed by atoms with Crippen molar-refractivity contribution in [1.29, 1.82) is 0 Å². The molecule has 0 saturated carbocycles. The van der Waals surface area contributed by atoms with Crippen molar-refractivity contribution in [3.8, 4) is 0 Å². The maximum atomic E-state index is 12.7. The topological polar surface area (TPSA) is 32.8 Å². The number of benzene rings is 2. The smallest absolute Gasteiger partial charge is 0.378 e. The molecule has 2 aromatic carbocycles. The molecule has 1 aliphatic heterocycles. The van der Waals surface area contributed by atoms with Crippen LogP contribution in [0.2, 0.25) is 0 Å². The van der Waals surface area contributed by atoms with Gasteiger partial charge in [0.05, 0.1) is 18.8 Å². The molecule has 1 fully saturated rings. The van der Waals surface area contributed by atoms with E-state index in [-0.39, 0.29) is 18.2 Å². The van der Waals surface area contributed by atoms with E-state index < -0.39 is 11.7 Å². The molecule has 0 aliphatic carbocycles. The van der Waals surface area contributed by atoms with E-state index in [1.807, 2.05) is 19.1 Å². The average molecular weight is 420 g/mol. The number of nitrogens with zero attached hydrogens (tertiary/aromatic N) is 2. The van der Waals surface area contributed by atoms with E-state index >= 15 is 0 Å². The van der Waals surface area contributed by atoms with Gasteiger partial charge in [0, 0.05) is 38.8 Å². The fourth-order valence-electron chi connectivity index (χ4n) is 3.53. The van der Waals surface area contributed by atoms with Crippen molar-refractivity contribution in [1.82, 2.24) is 4.90 Å². The lowest BCUT2D eigenvalue weighted by atomic mass is 9.96. The minimum absolute atomic E-state index is 0.0420. The van der Waals surface area contributed by atoms with Crippen LogP contribution in [-0.2, 0) is 22.3 Å². The van der Waals surface area contributed by atoms with E-state index in [2.05, 4.69) is 17.0 Å². The Balaban J connectivity index is 1.53. The number of ether oxygens (including phenoxy) is 1. The molecule has 0 radical (unpaired) electrons. The summed E-state index contributed by atoms with van der Waals surface area (Å²) in [6, 6.07) is 13.2. The second kappa shape index (κ2) is 9.51. The van der Waals surface area contributed by atoms with Gasteiger partial charge in [-0.15, -0.1) is 0 Å². The van der Waals surface area contributed by atoms with Gasteiger partial charge in [0.15, 0.2) is 0 Å². The number of hydrogen-bond donors (Lipinski definition) is 0. The number of amides is 1. The third kappa shape index (κ3) is 5.75. The normalized spacial score (nSPS) is 15.7. The van der Waals surface area contributed by atoms with Gasteiger partial charge in [-0.3, -0.25) is 4.79 Å². The quantitative estimate of drug-likeness (QED) is 0.680. The SMILES string of the molecule is CC(CC(=O)N(C)Cc1ccc(N2CCOCC2)cc1)c1ccc(C(F)(F)F)cc1. The largest absolute Gasteiger partial charge is 0.416 e. The zero-order valence-corrected chi connectivity index (χ0v) is 17.3. The third-order valence-electron chi connectivity index (χ3n) is 5.45. The Hall–Kier alpha value is -2.54. The first kappa shape index (κ1) is 22.2. The van der Waals surface area contributed by atoms with Crippen LogP contribution in [0.4, 0.5) is 18.9 Å². The van der Waals surface area contributed by atoms with Gasteiger partial charge in [-0.2, -0.15) is 13.2 Å². The number of morpholine rings is 1. The highest BCUT2D eigenvalue weighted by Gasteiger charge is 2.30. The average Bonchev–Trinajstić information content (AvgIpc) is 2.74. The summed E-state index contributed by atoms with van der Waals surface area (Å²) < 4.78 is 43.5. The van der Waals surface area contributed by atoms with Gasteiger partial charge in [-0.05, 0) is 41.3 Å². The van der Waals surface area contributed by atoms with Crippen LogP contribution in [-0.4, -0.2) is 44.2 Å². The number of halogens is 3. The zero-order chi connectivity index (χ0) is 21.7. The lowest BCUT2D eigenvalue weighted by Crippen LogP contribution is -2.36. The van der Waals surface area contributed by atoms with E-state index in [4.69, 9.17) is 4.74 Å². The van der Waals surface area contributed by atoms with Crippen LogP contribution in [0.3, 0.4) is 0 Å². The molecule has 0 N–H and O–H groups in total. The molecular weight excluding hydrogens is 393 g/mol. The van der Waals surface area contributed by atoms with E-state index in [0.29, 0.717) is 6.54 Å². The molecule has 30 heavy (non-hydrogen) atoms. The van der Waals surface area contributed by atoms with E-state index in [9.17, 15) is 18.0 Å². The fourth-order valence-corrected chi connectivity index (χ4v) is 3.53. The molecule has 0 aromatic heterocycles. The lowest BCUT2D eigenvalue weighted by molar-refractivity contribution is -0.137. The van der Waals surface area contributed by atoms with Gasteiger partial charge in [-0.25, -0.2) is 0 Å². The first-order chi connectivity index (χ1) is 14.2. The highest BCUT2D eigenvalue weighted by atomic mass is 19.4. The van der Waals surface area contributed by atoms with Crippen molar-refractivity contribution in [3.05, 3.63) is 65.2 Å². The highest BCUT2D eigenvalue weighted by Crippen LogP contribution is 2.30. The van der Waals surface area contributed by atoms with E-state index in [0.717, 1.165) is 55.3 Å². The molecule has 3 rings (SSSR count). The number of carbonyl (C=O) groups excluding carboxylic acids is 1. The Kier molecular flexibility index (Phi) is 7.02. The second-order valence-electron chi connectivity index (χ2n) is 7.74. The van der Waals surface area contributed by atoms with Crippen LogP contribution in [0.1, 0.15) is 36.0 Å². The Morgan fingerprint density at radius 1 is 1.07 bits per heavy atom. The Labute approximate surface area is 175 Å². The Morgan fingerprint density at radius 3 is 2.23 bits per heavy atom.